The summed E-state index contributed by atoms with van der Waals surface area (Å²) in [6.45, 7) is 3.79. The van der Waals surface area contributed by atoms with Gasteiger partial charge in [0.25, 0.3) is 10.0 Å². The SMILES string of the molecule is Cc1cc(Nc2ccc(NS(=O)(=O)c3cc(F)cc(F)c3)cc2)nc(N2CCCCC2)n1. The Hall–Kier alpha value is -3.27. The van der Waals surface area contributed by atoms with E-state index in [-0.39, 0.29) is 5.69 Å². The lowest BCUT2D eigenvalue weighted by Gasteiger charge is -2.27. The Labute approximate surface area is 185 Å². The third kappa shape index (κ3) is 5.31. The number of nitrogens with zero attached hydrogens (tertiary/aromatic N) is 3. The molecule has 0 bridgehead atoms. The van der Waals surface area contributed by atoms with E-state index in [9.17, 15) is 17.2 Å². The van der Waals surface area contributed by atoms with Gasteiger partial charge in [-0.2, -0.15) is 4.98 Å². The third-order valence-corrected chi connectivity index (χ3v) is 6.40. The molecule has 2 heterocycles. The van der Waals surface area contributed by atoms with Crippen molar-refractivity contribution in [1.82, 2.24) is 9.97 Å². The van der Waals surface area contributed by atoms with E-state index in [1.165, 1.54) is 6.42 Å². The maximum absolute atomic E-state index is 13.4. The van der Waals surface area contributed by atoms with Gasteiger partial charge >= 0.3 is 0 Å². The molecule has 0 aliphatic carbocycles. The normalized spacial score (nSPS) is 14.3. The lowest BCUT2D eigenvalue weighted by Crippen LogP contribution is -2.31. The number of rotatable bonds is 6. The van der Waals surface area contributed by atoms with Gasteiger partial charge < -0.3 is 10.2 Å². The van der Waals surface area contributed by atoms with Crippen LogP contribution in [0.25, 0.3) is 0 Å². The molecule has 1 aliphatic heterocycles. The molecule has 0 atom stereocenters. The van der Waals surface area contributed by atoms with Crippen molar-refractivity contribution in [3.05, 3.63) is 65.9 Å². The van der Waals surface area contributed by atoms with Crippen LogP contribution in [0.4, 0.5) is 31.9 Å². The third-order valence-electron chi connectivity index (χ3n) is 5.04. The molecule has 2 aromatic carbocycles. The van der Waals surface area contributed by atoms with Crippen LogP contribution in [0.2, 0.25) is 0 Å². The van der Waals surface area contributed by atoms with Gasteiger partial charge in [0.2, 0.25) is 5.95 Å². The Balaban J connectivity index is 1.48. The minimum Gasteiger partial charge on any atom is -0.341 e. The summed E-state index contributed by atoms with van der Waals surface area (Å²) >= 11 is 0. The van der Waals surface area contributed by atoms with E-state index >= 15 is 0 Å². The molecule has 7 nitrogen and oxygen atoms in total. The minimum atomic E-state index is -4.13. The fourth-order valence-corrected chi connectivity index (χ4v) is 4.62. The molecular formula is C22H23F2N5O2S. The van der Waals surface area contributed by atoms with Crippen LogP contribution in [0.5, 0.6) is 0 Å². The van der Waals surface area contributed by atoms with Crippen molar-refractivity contribution in [3.63, 3.8) is 0 Å². The monoisotopic (exact) mass is 459 g/mol. The number of piperidine rings is 1. The number of anilines is 4. The number of aromatic nitrogens is 2. The summed E-state index contributed by atoms with van der Waals surface area (Å²) in [6, 6.07) is 10.4. The fourth-order valence-electron chi connectivity index (χ4n) is 3.52. The first-order chi connectivity index (χ1) is 15.3. The molecule has 1 fully saturated rings. The molecule has 1 saturated heterocycles. The number of hydrogen-bond acceptors (Lipinski definition) is 6. The summed E-state index contributed by atoms with van der Waals surface area (Å²) in [7, 11) is -4.13. The molecule has 32 heavy (non-hydrogen) atoms. The zero-order valence-corrected chi connectivity index (χ0v) is 18.3. The molecule has 1 aromatic heterocycles. The highest BCUT2D eigenvalue weighted by molar-refractivity contribution is 7.92. The number of sulfonamides is 1. The van der Waals surface area contributed by atoms with Crippen LogP contribution in [0.3, 0.4) is 0 Å². The van der Waals surface area contributed by atoms with Gasteiger partial charge in [0.05, 0.1) is 4.90 Å². The Morgan fingerprint density at radius 1 is 0.875 bits per heavy atom. The quantitative estimate of drug-likeness (QED) is 0.560. The Kier molecular flexibility index (Phi) is 6.22. The van der Waals surface area contributed by atoms with Crippen molar-refractivity contribution >= 4 is 33.2 Å². The van der Waals surface area contributed by atoms with Gasteiger partial charge in [-0.15, -0.1) is 0 Å². The van der Waals surface area contributed by atoms with E-state index in [1.54, 1.807) is 24.3 Å². The molecule has 2 N–H and O–H groups in total. The molecule has 0 amide bonds. The molecule has 0 unspecified atom stereocenters. The average Bonchev–Trinajstić information content (AvgIpc) is 2.74. The first-order valence-corrected chi connectivity index (χ1v) is 11.7. The fraction of sp³-hybridized carbons (Fsp3) is 0.273. The molecule has 1 aliphatic rings. The van der Waals surface area contributed by atoms with Gasteiger partial charge in [0.15, 0.2) is 0 Å². The Morgan fingerprint density at radius 3 is 2.16 bits per heavy atom. The Bertz CT molecular complexity index is 1190. The smallest absolute Gasteiger partial charge is 0.262 e. The van der Waals surface area contributed by atoms with Crippen molar-refractivity contribution in [3.8, 4) is 0 Å². The number of nitrogens with one attached hydrogen (secondary N) is 2. The Morgan fingerprint density at radius 2 is 1.50 bits per heavy atom. The second kappa shape index (κ2) is 9.07. The lowest BCUT2D eigenvalue weighted by molar-refractivity contribution is 0.568. The molecule has 3 aromatic rings. The van der Waals surface area contributed by atoms with Gasteiger partial charge in [-0.25, -0.2) is 22.2 Å². The lowest BCUT2D eigenvalue weighted by atomic mass is 10.1. The number of aryl methyl sites for hydroxylation is 1. The van der Waals surface area contributed by atoms with Crippen LogP contribution in [0, 0.1) is 18.6 Å². The predicted molar refractivity (Wildman–Crippen MR) is 120 cm³/mol. The number of halogens is 2. The standard InChI is InChI=1S/C22H23F2N5O2S/c1-15-11-21(27-22(25-15)29-9-3-2-4-10-29)26-18-5-7-19(8-6-18)28-32(30,31)20-13-16(23)12-17(24)14-20/h5-8,11-14,28H,2-4,9-10H2,1H3,(H,25,26,27). The van der Waals surface area contributed by atoms with Crippen molar-refractivity contribution in [1.29, 1.82) is 0 Å². The van der Waals surface area contributed by atoms with Crippen LogP contribution in [-0.2, 0) is 10.0 Å². The van der Waals surface area contributed by atoms with Gasteiger partial charge in [-0.05, 0) is 62.6 Å². The minimum absolute atomic E-state index is 0.257. The number of hydrogen-bond donors (Lipinski definition) is 2. The highest BCUT2D eigenvalue weighted by Crippen LogP contribution is 2.23. The van der Waals surface area contributed by atoms with E-state index in [4.69, 9.17) is 0 Å². The van der Waals surface area contributed by atoms with Crippen molar-refractivity contribution in [2.45, 2.75) is 31.1 Å². The zero-order chi connectivity index (χ0) is 22.7. The molecule has 0 radical (unpaired) electrons. The van der Waals surface area contributed by atoms with E-state index in [0.717, 1.165) is 43.8 Å². The first-order valence-electron chi connectivity index (χ1n) is 10.3. The summed E-state index contributed by atoms with van der Waals surface area (Å²) in [4.78, 5) is 10.8. The number of benzene rings is 2. The molecule has 4 rings (SSSR count). The van der Waals surface area contributed by atoms with Gasteiger partial charge in [0.1, 0.15) is 17.5 Å². The van der Waals surface area contributed by atoms with Crippen molar-refractivity contribution < 1.29 is 17.2 Å². The van der Waals surface area contributed by atoms with Crippen molar-refractivity contribution in [2.24, 2.45) is 0 Å². The van der Waals surface area contributed by atoms with E-state index in [0.29, 0.717) is 23.5 Å². The molecule has 0 spiro atoms. The van der Waals surface area contributed by atoms with E-state index in [2.05, 4.69) is 24.9 Å². The summed E-state index contributed by atoms with van der Waals surface area (Å²) in [5.74, 6) is -0.594. The summed E-state index contributed by atoms with van der Waals surface area (Å²) in [6.07, 6.45) is 3.47. The zero-order valence-electron chi connectivity index (χ0n) is 17.5. The van der Waals surface area contributed by atoms with Crippen LogP contribution >= 0.6 is 0 Å². The van der Waals surface area contributed by atoms with Gasteiger partial charge in [-0.3, -0.25) is 4.72 Å². The molecule has 10 heteroatoms. The second-order valence-corrected chi connectivity index (χ2v) is 9.34. The highest BCUT2D eigenvalue weighted by atomic mass is 32.2. The average molecular weight is 460 g/mol. The van der Waals surface area contributed by atoms with E-state index in [1.807, 2.05) is 13.0 Å². The summed E-state index contributed by atoms with van der Waals surface area (Å²) in [5.41, 5.74) is 1.80. The van der Waals surface area contributed by atoms with Crippen LogP contribution < -0.4 is 14.9 Å². The van der Waals surface area contributed by atoms with Crippen LogP contribution in [0.15, 0.2) is 53.4 Å². The maximum Gasteiger partial charge on any atom is 0.262 e. The second-order valence-electron chi connectivity index (χ2n) is 7.66. The molecular weight excluding hydrogens is 436 g/mol. The summed E-state index contributed by atoms with van der Waals surface area (Å²) in [5, 5.41) is 3.21. The largest absolute Gasteiger partial charge is 0.341 e. The summed E-state index contributed by atoms with van der Waals surface area (Å²) < 4.78 is 53.9. The molecule has 0 saturated carbocycles. The van der Waals surface area contributed by atoms with Gasteiger partial charge in [0, 0.05) is 42.3 Å². The molecule has 168 valence electrons. The van der Waals surface area contributed by atoms with Crippen LogP contribution in [0.1, 0.15) is 25.0 Å². The maximum atomic E-state index is 13.4. The highest BCUT2D eigenvalue weighted by Gasteiger charge is 2.17. The van der Waals surface area contributed by atoms with Gasteiger partial charge in [-0.1, -0.05) is 0 Å². The first kappa shape index (κ1) is 21.9. The topological polar surface area (TPSA) is 87.2 Å². The van der Waals surface area contributed by atoms with Crippen molar-refractivity contribution in [2.75, 3.05) is 28.0 Å². The van der Waals surface area contributed by atoms with Crippen LogP contribution in [-0.4, -0.2) is 31.5 Å². The van der Waals surface area contributed by atoms with E-state index < -0.39 is 26.6 Å². The predicted octanol–water partition coefficient (Wildman–Crippen LogP) is 4.60.